The summed E-state index contributed by atoms with van der Waals surface area (Å²) in [7, 11) is 1.97. The monoisotopic (exact) mass is 327 g/mol. The minimum absolute atomic E-state index is 0.0964. The first-order valence-electron chi connectivity index (χ1n) is 7.45. The van der Waals surface area contributed by atoms with Crippen molar-refractivity contribution in [2.24, 2.45) is 7.05 Å². The summed E-state index contributed by atoms with van der Waals surface area (Å²) in [4.78, 5) is 16.9. The van der Waals surface area contributed by atoms with Gasteiger partial charge in [-0.3, -0.25) is 4.79 Å². The van der Waals surface area contributed by atoms with Crippen LogP contribution in [-0.2, 0) is 7.05 Å². The minimum Gasteiger partial charge on any atom is -0.346 e. The first-order valence-corrected chi connectivity index (χ1v) is 7.83. The molecule has 0 bridgehead atoms. The number of fused-ring (bicyclic) bond motifs is 1. The standard InChI is InChI=1S/C18H18ClN3O/c1-11(13-4-7-15(19)8-5-13)20-18(23)14-6-9-17-16(10-14)21-12(2)22(17)3/h4-11H,1-3H3,(H,20,23)/t11-/m1/s1. The lowest BCUT2D eigenvalue weighted by molar-refractivity contribution is 0.0940. The Hall–Kier alpha value is -2.33. The second-order valence-electron chi connectivity index (χ2n) is 5.67. The molecule has 0 saturated heterocycles. The summed E-state index contributed by atoms with van der Waals surface area (Å²) in [6.07, 6.45) is 0. The number of nitrogens with zero attached hydrogens (tertiary/aromatic N) is 2. The molecule has 1 atom stereocenters. The van der Waals surface area contributed by atoms with Crippen LogP contribution in [0.1, 0.15) is 34.7 Å². The van der Waals surface area contributed by atoms with E-state index < -0.39 is 0 Å². The molecule has 4 nitrogen and oxygen atoms in total. The number of carbonyl (C=O) groups is 1. The zero-order chi connectivity index (χ0) is 16.6. The van der Waals surface area contributed by atoms with Gasteiger partial charge < -0.3 is 9.88 Å². The smallest absolute Gasteiger partial charge is 0.251 e. The third-order valence-electron chi connectivity index (χ3n) is 4.08. The number of aryl methyl sites for hydroxylation is 2. The summed E-state index contributed by atoms with van der Waals surface area (Å²) >= 11 is 5.89. The van der Waals surface area contributed by atoms with Crippen molar-refractivity contribution in [3.63, 3.8) is 0 Å². The number of hydrogen-bond acceptors (Lipinski definition) is 2. The fourth-order valence-corrected chi connectivity index (χ4v) is 2.70. The van der Waals surface area contributed by atoms with Crippen molar-refractivity contribution >= 4 is 28.5 Å². The summed E-state index contributed by atoms with van der Waals surface area (Å²) in [6.45, 7) is 3.90. The van der Waals surface area contributed by atoms with Gasteiger partial charge in [0.25, 0.3) is 5.91 Å². The van der Waals surface area contributed by atoms with E-state index in [0.29, 0.717) is 10.6 Å². The lowest BCUT2D eigenvalue weighted by atomic mass is 10.1. The SMILES string of the molecule is Cc1nc2cc(C(=O)N[C@H](C)c3ccc(Cl)cc3)ccc2n1C. The van der Waals surface area contributed by atoms with Crippen molar-refractivity contribution < 1.29 is 4.79 Å². The summed E-state index contributed by atoms with van der Waals surface area (Å²) in [6, 6.07) is 13.0. The Morgan fingerprint density at radius 3 is 2.61 bits per heavy atom. The Labute approximate surface area is 140 Å². The molecule has 0 spiro atoms. The fourth-order valence-electron chi connectivity index (χ4n) is 2.58. The van der Waals surface area contributed by atoms with Gasteiger partial charge in [-0.05, 0) is 49.7 Å². The summed E-state index contributed by atoms with van der Waals surface area (Å²) in [5.74, 6) is 0.810. The molecule has 0 unspecified atom stereocenters. The maximum atomic E-state index is 12.5. The van der Waals surface area contributed by atoms with Crippen LogP contribution in [0, 0.1) is 6.92 Å². The van der Waals surface area contributed by atoms with E-state index in [2.05, 4.69) is 10.3 Å². The Morgan fingerprint density at radius 1 is 1.22 bits per heavy atom. The molecule has 1 heterocycles. The van der Waals surface area contributed by atoms with E-state index >= 15 is 0 Å². The van der Waals surface area contributed by atoms with Crippen molar-refractivity contribution in [1.29, 1.82) is 0 Å². The number of imidazole rings is 1. The highest BCUT2D eigenvalue weighted by atomic mass is 35.5. The van der Waals surface area contributed by atoms with E-state index in [9.17, 15) is 4.79 Å². The van der Waals surface area contributed by atoms with Crippen LogP contribution in [0.2, 0.25) is 5.02 Å². The Balaban J connectivity index is 1.81. The first-order chi connectivity index (χ1) is 11.0. The molecule has 2 aromatic carbocycles. The van der Waals surface area contributed by atoms with Gasteiger partial charge in [0.05, 0.1) is 17.1 Å². The number of nitrogens with one attached hydrogen (secondary N) is 1. The Kier molecular flexibility index (Phi) is 4.09. The van der Waals surface area contributed by atoms with Crippen LogP contribution in [-0.4, -0.2) is 15.5 Å². The molecule has 0 fully saturated rings. The minimum atomic E-state index is -0.113. The zero-order valence-corrected chi connectivity index (χ0v) is 14.1. The molecular weight excluding hydrogens is 310 g/mol. The molecule has 5 heteroatoms. The average molecular weight is 328 g/mol. The highest BCUT2D eigenvalue weighted by Crippen LogP contribution is 2.19. The predicted octanol–water partition coefficient (Wildman–Crippen LogP) is 4.03. The lowest BCUT2D eigenvalue weighted by Gasteiger charge is -2.14. The molecule has 1 N–H and O–H groups in total. The van der Waals surface area contributed by atoms with Crippen molar-refractivity contribution in [2.75, 3.05) is 0 Å². The van der Waals surface area contributed by atoms with Gasteiger partial charge in [-0.15, -0.1) is 0 Å². The third-order valence-corrected chi connectivity index (χ3v) is 4.34. The zero-order valence-electron chi connectivity index (χ0n) is 13.3. The number of hydrogen-bond donors (Lipinski definition) is 1. The van der Waals surface area contributed by atoms with E-state index in [-0.39, 0.29) is 11.9 Å². The van der Waals surface area contributed by atoms with Crippen LogP contribution in [0.4, 0.5) is 0 Å². The summed E-state index contributed by atoms with van der Waals surface area (Å²) in [5.41, 5.74) is 3.47. The largest absolute Gasteiger partial charge is 0.346 e. The average Bonchev–Trinajstić information content (AvgIpc) is 2.82. The maximum absolute atomic E-state index is 12.5. The predicted molar refractivity (Wildman–Crippen MR) is 92.8 cm³/mol. The molecule has 0 radical (unpaired) electrons. The van der Waals surface area contributed by atoms with Gasteiger partial charge in [-0.1, -0.05) is 23.7 Å². The molecule has 3 aromatic rings. The van der Waals surface area contributed by atoms with Crippen molar-refractivity contribution in [3.05, 3.63) is 64.4 Å². The molecule has 0 aliphatic rings. The lowest BCUT2D eigenvalue weighted by Crippen LogP contribution is -2.26. The van der Waals surface area contributed by atoms with Crippen molar-refractivity contribution in [1.82, 2.24) is 14.9 Å². The quantitative estimate of drug-likeness (QED) is 0.789. The fraction of sp³-hybridized carbons (Fsp3) is 0.222. The van der Waals surface area contributed by atoms with Gasteiger partial charge >= 0.3 is 0 Å². The van der Waals surface area contributed by atoms with Crippen LogP contribution in [0.5, 0.6) is 0 Å². The van der Waals surface area contributed by atoms with E-state index in [4.69, 9.17) is 11.6 Å². The van der Waals surface area contributed by atoms with E-state index in [0.717, 1.165) is 22.4 Å². The summed E-state index contributed by atoms with van der Waals surface area (Å²) in [5, 5.41) is 3.69. The third kappa shape index (κ3) is 3.08. The maximum Gasteiger partial charge on any atom is 0.251 e. The van der Waals surface area contributed by atoms with E-state index in [1.165, 1.54) is 0 Å². The number of amides is 1. The highest BCUT2D eigenvalue weighted by Gasteiger charge is 2.13. The number of benzene rings is 2. The molecule has 0 aliphatic heterocycles. The number of aromatic nitrogens is 2. The number of halogens is 1. The van der Waals surface area contributed by atoms with Gasteiger partial charge in [-0.25, -0.2) is 4.98 Å². The summed E-state index contributed by atoms with van der Waals surface area (Å²) < 4.78 is 2.01. The van der Waals surface area contributed by atoms with Gasteiger partial charge in [0.2, 0.25) is 0 Å². The Morgan fingerprint density at radius 2 is 1.91 bits per heavy atom. The van der Waals surface area contributed by atoms with Crippen molar-refractivity contribution in [2.45, 2.75) is 19.9 Å². The molecule has 1 amide bonds. The normalized spacial score (nSPS) is 12.3. The van der Waals surface area contributed by atoms with Crippen LogP contribution in [0.25, 0.3) is 11.0 Å². The number of rotatable bonds is 3. The van der Waals surface area contributed by atoms with Crippen LogP contribution >= 0.6 is 11.6 Å². The topological polar surface area (TPSA) is 46.9 Å². The van der Waals surface area contributed by atoms with Crippen LogP contribution in [0.3, 0.4) is 0 Å². The second-order valence-corrected chi connectivity index (χ2v) is 6.10. The van der Waals surface area contributed by atoms with Gasteiger partial charge in [0.1, 0.15) is 5.82 Å². The molecule has 23 heavy (non-hydrogen) atoms. The molecular formula is C18H18ClN3O. The first kappa shape index (κ1) is 15.6. The van der Waals surface area contributed by atoms with Gasteiger partial charge in [-0.2, -0.15) is 0 Å². The highest BCUT2D eigenvalue weighted by molar-refractivity contribution is 6.30. The number of carbonyl (C=O) groups excluding carboxylic acids is 1. The Bertz CT molecular complexity index is 868. The van der Waals surface area contributed by atoms with E-state index in [1.807, 2.05) is 67.9 Å². The van der Waals surface area contributed by atoms with Crippen LogP contribution < -0.4 is 5.32 Å². The second kappa shape index (κ2) is 6.05. The molecule has 0 aliphatic carbocycles. The van der Waals surface area contributed by atoms with Gasteiger partial charge in [0.15, 0.2) is 0 Å². The van der Waals surface area contributed by atoms with Crippen molar-refractivity contribution in [3.8, 4) is 0 Å². The molecule has 118 valence electrons. The molecule has 0 saturated carbocycles. The van der Waals surface area contributed by atoms with E-state index in [1.54, 1.807) is 0 Å². The molecule has 1 aromatic heterocycles. The van der Waals surface area contributed by atoms with Gasteiger partial charge in [0, 0.05) is 17.6 Å². The van der Waals surface area contributed by atoms with Crippen LogP contribution in [0.15, 0.2) is 42.5 Å². The molecule has 3 rings (SSSR count).